The number of carbonyl (C=O) groups is 7. The number of benzene rings is 2. The number of likely N-dealkylation sites (N-methyl/N-ethyl adjacent to an activating group) is 1. The van der Waals surface area contributed by atoms with Crippen molar-refractivity contribution in [2.45, 2.75) is 56.8 Å². The standard InChI is InChI=1S/C33H39N5O9/c1-20-23(14-13-21-9-5-3-6-10-21)36-31(43)25(17-22-11-7-4-8-12-22)34-27(39)18-26(33(46)47)35-28(40)19-38(2)29(41)16-15-24(32(44)45)37-30(20)42/h3-14,20,23-26H,15-19H2,1-2H3,(H,34,39)(H,35,40)(H,36,43)(H,37,42)(H,44,45)(H,46,47)/b14-13+/t20-,23+,24-,25+,26-/m1/s1. The average molecular weight is 650 g/mol. The number of carbonyl (C=O) groups excluding carboxylic acids is 5. The molecule has 1 aliphatic rings. The summed E-state index contributed by atoms with van der Waals surface area (Å²) in [4.78, 5) is 90.5. The Morgan fingerprint density at radius 3 is 2.04 bits per heavy atom. The molecule has 0 unspecified atom stereocenters. The maximum atomic E-state index is 13.8. The highest BCUT2D eigenvalue weighted by molar-refractivity contribution is 5.93. The van der Waals surface area contributed by atoms with Crippen LogP contribution in [-0.2, 0) is 40.0 Å². The Morgan fingerprint density at radius 2 is 1.43 bits per heavy atom. The van der Waals surface area contributed by atoms with Crippen LogP contribution >= 0.6 is 0 Å². The third-order valence-corrected chi connectivity index (χ3v) is 7.58. The molecule has 0 radical (unpaired) electrons. The summed E-state index contributed by atoms with van der Waals surface area (Å²) in [6, 6.07) is 12.4. The quantitative estimate of drug-likeness (QED) is 0.254. The van der Waals surface area contributed by atoms with Gasteiger partial charge in [-0.2, -0.15) is 0 Å². The second kappa shape index (κ2) is 17.2. The van der Waals surface area contributed by atoms with Crippen molar-refractivity contribution in [3.8, 4) is 0 Å². The number of aliphatic carboxylic acids is 2. The van der Waals surface area contributed by atoms with Gasteiger partial charge >= 0.3 is 11.9 Å². The lowest BCUT2D eigenvalue weighted by Gasteiger charge is -2.27. The molecule has 0 saturated carbocycles. The van der Waals surface area contributed by atoms with Gasteiger partial charge in [0.15, 0.2) is 0 Å². The zero-order valence-corrected chi connectivity index (χ0v) is 26.0. The van der Waals surface area contributed by atoms with E-state index in [9.17, 15) is 43.8 Å². The van der Waals surface area contributed by atoms with Gasteiger partial charge in [0.25, 0.3) is 0 Å². The summed E-state index contributed by atoms with van der Waals surface area (Å²) in [7, 11) is 1.28. The second-order valence-electron chi connectivity index (χ2n) is 11.3. The summed E-state index contributed by atoms with van der Waals surface area (Å²) in [5, 5.41) is 29.5. The SMILES string of the molecule is C[C@H]1C(=O)N[C@@H](C(=O)O)CCC(=O)N(C)CC(=O)N[C@@H](C(=O)O)CC(=O)N[C@@H](Cc2ccccc2)C(=O)N[C@H]1/C=C/c1ccccc1. The predicted molar refractivity (Wildman–Crippen MR) is 169 cm³/mol. The fourth-order valence-electron chi connectivity index (χ4n) is 4.81. The number of carboxylic acids is 2. The lowest BCUT2D eigenvalue weighted by molar-refractivity contribution is -0.144. The molecule has 250 valence electrons. The van der Waals surface area contributed by atoms with Gasteiger partial charge < -0.3 is 36.4 Å². The minimum Gasteiger partial charge on any atom is -0.480 e. The van der Waals surface area contributed by atoms with Crippen LogP contribution in [0.4, 0.5) is 0 Å². The van der Waals surface area contributed by atoms with Crippen molar-refractivity contribution in [2.24, 2.45) is 5.92 Å². The molecule has 0 aromatic heterocycles. The zero-order valence-electron chi connectivity index (χ0n) is 26.0. The maximum absolute atomic E-state index is 13.8. The van der Waals surface area contributed by atoms with E-state index in [1.165, 1.54) is 14.0 Å². The largest absolute Gasteiger partial charge is 0.480 e. The Labute approximate surface area is 271 Å². The molecule has 5 atom stereocenters. The molecule has 1 saturated heterocycles. The topological polar surface area (TPSA) is 211 Å². The molecule has 47 heavy (non-hydrogen) atoms. The van der Waals surface area contributed by atoms with E-state index in [0.717, 1.165) is 10.5 Å². The number of rotatable bonds is 6. The minimum atomic E-state index is -1.67. The average Bonchev–Trinajstić information content (AvgIpc) is 3.03. The van der Waals surface area contributed by atoms with Crippen molar-refractivity contribution < 1.29 is 43.8 Å². The van der Waals surface area contributed by atoms with Crippen LogP contribution < -0.4 is 21.3 Å². The van der Waals surface area contributed by atoms with Crippen LogP contribution in [0.5, 0.6) is 0 Å². The van der Waals surface area contributed by atoms with Crippen LogP contribution in [0, 0.1) is 5.92 Å². The lowest BCUT2D eigenvalue weighted by Crippen LogP contribution is -2.55. The van der Waals surface area contributed by atoms with Crippen molar-refractivity contribution in [3.05, 3.63) is 77.9 Å². The first kappa shape index (κ1) is 35.9. The van der Waals surface area contributed by atoms with Gasteiger partial charge in [0, 0.05) is 19.9 Å². The Morgan fingerprint density at radius 1 is 0.809 bits per heavy atom. The fraction of sp³-hybridized carbons (Fsp3) is 0.364. The van der Waals surface area contributed by atoms with Gasteiger partial charge in [-0.05, 0) is 17.5 Å². The molecule has 0 aliphatic carbocycles. The van der Waals surface area contributed by atoms with E-state index < -0.39 is 84.5 Å². The van der Waals surface area contributed by atoms with Crippen LogP contribution in [0.25, 0.3) is 6.08 Å². The molecule has 1 fully saturated rings. The number of carboxylic acid groups (broad SMARTS) is 2. The number of hydrogen-bond donors (Lipinski definition) is 6. The highest BCUT2D eigenvalue weighted by Crippen LogP contribution is 2.13. The summed E-state index contributed by atoms with van der Waals surface area (Å²) in [6.07, 6.45) is 1.89. The van der Waals surface area contributed by atoms with E-state index in [0.29, 0.717) is 5.56 Å². The molecule has 0 spiro atoms. The van der Waals surface area contributed by atoms with E-state index in [1.54, 1.807) is 66.7 Å². The van der Waals surface area contributed by atoms with Gasteiger partial charge in [0.2, 0.25) is 29.5 Å². The van der Waals surface area contributed by atoms with Gasteiger partial charge in [-0.15, -0.1) is 0 Å². The number of nitrogens with one attached hydrogen (secondary N) is 4. The molecular weight excluding hydrogens is 610 g/mol. The first-order valence-corrected chi connectivity index (χ1v) is 15.0. The summed E-state index contributed by atoms with van der Waals surface area (Å²) >= 11 is 0. The van der Waals surface area contributed by atoms with Crippen LogP contribution in [0.1, 0.15) is 37.3 Å². The first-order valence-electron chi connectivity index (χ1n) is 15.0. The Balaban J connectivity index is 2.01. The van der Waals surface area contributed by atoms with E-state index >= 15 is 0 Å². The van der Waals surface area contributed by atoms with E-state index in [1.807, 2.05) is 6.07 Å². The van der Waals surface area contributed by atoms with Gasteiger partial charge in [-0.25, -0.2) is 9.59 Å². The van der Waals surface area contributed by atoms with Crippen LogP contribution in [0.15, 0.2) is 66.7 Å². The van der Waals surface area contributed by atoms with E-state index in [2.05, 4.69) is 21.3 Å². The minimum absolute atomic E-state index is 0.00615. The normalized spacial score (nSPS) is 24.2. The third-order valence-electron chi connectivity index (χ3n) is 7.58. The van der Waals surface area contributed by atoms with Gasteiger partial charge in [0.1, 0.15) is 18.1 Å². The van der Waals surface area contributed by atoms with Crippen LogP contribution in [0.3, 0.4) is 0 Å². The molecule has 14 nitrogen and oxygen atoms in total. The molecule has 3 rings (SSSR count). The van der Waals surface area contributed by atoms with Gasteiger partial charge in [-0.3, -0.25) is 24.0 Å². The van der Waals surface area contributed by atoms with Crippen molar-refractivity contribution in [1.29, 1.82) is 0 Å². The molecular formula is C33H39N5O9. The Kier molecular flexibility index (Phi) is 13.2. The molecule has 1 heterocycles. The molecule has 14 heteroatoms. The highest BCUT2D eigenvalue weighted by Gasteiger charge is 2.32. The number of nitrogens with zero attached hydrogens (tertiary/aromatic N) is 1. The molecule has 0 bridgehead atoms. The molecule has 1 aliphatic heterocycles. The summed E-state index contributed by atoms with van der Waals surface area (Å²) < 4.78 is 0. The first-order chi connectivity index (χ1) is 22.3. The molecule has 2 aromatic rings. The van der Waals surface area contributed by atoms with E-state index in [-0.39, 0.29) is 19.3 Å². The third kappa shape index (κ3) is 11.4. The van der Waals surface area contributed by atoms with Gasteiger partial charge in [0.05, 0.1) is 24.9 Å². The summed E-state index contributed by atoms with van der Waals surface area (Å²) in [6.45, 7) is 0.926. The van der Waals surface area contributed by atoms with Crippen molar-refractivity contribution in [1.82, 2.24) is 26.2 Å². The van der Waals surface area contributed by atoms with E-state index in [4.69, 9.17) is 0 Å². The fourth-order valence-corrected chi connectivity index (χ4v) is 4.81. The van der Waals surface area contributed by atoms with Crippen molar-refractivity contribution in [2.75, 3.05) is 13.6 Å². The Bertz CT molecular complexity index is 1480. The Hall–Kier alpha value is -5.53. The number of hydrogen-bond acceptors (Lipinski definition) is 7. The smallest absolute Gasteiger partial charge is 0.326 e. The number of amides is 5. The summed E-state index contributed by atoms with van der Waals surface area (Å²) in [5.41, 5.74) is 1.43. The lowest BCUT2D eigenvalue weighted by atomic mass is 9.97. The summed E-state index contributed by atoms with van der Waals surface area (Å²) in [5.74, 6) is -7.67. The highest BCUT2D eigenvalue weighted by atomic mass is 16.4. The van der Waals surface area contributed by atoms with Gasteiger partial charge in [-0.1, -0.05) is 79.7 Å². The predicted octanol–water partition coefficient (Wildman–Crippen LogP) is 0.329. The second-order valence-corrected chi connectivity index (χ2v) is 11.3. The zero-order chi connectivity index (χ0) is 34.5. The monoisotopic (exact) mass is 649 g/mol. The van der Waals surface area contributed by atoms with Crippen LogP contribution in [-0.4, -0.2) is 94.3 Å². The molecule has 5 amide bonds. The van der Waals surface area contributed by atoms with Crippen molar-refractivity contribution in [3.63, 3.8) is 0 Å². The molecule has 6 N–H and O–H groups in total. The van der Waals surface area contributed by atoms with Crippen molar-refractivity contribution >= 4 is 47.6 Å². The maximum Gasteiger partial charge on any atom is 0.326 e. The molecule has 2 aromatic carbocycles. The van der Waals surface area contributed by atoms with Crippen LogP contribution in [0.2, 0.25) is 0 Å².